The molecule has 0 aromatic heterocycles. The molecule has 0 radical (unpaired) electrons. The molecule has 0 saturated carbocycles. The van der Waals surface area contributed by atoms with Gasteiger partial charge in [-0.3, -0.25) is 9.59 Å². The van der Waals surface area contributed by atoms with Crippen LogP contribution >= 0.6 is 11.6 Å². The lowest BCUT2D eigenvalue weighted by molar-refractivity contribution is -0.140. The fourth-order valence-corrected chi connectivity index (χ4v) is 3.99. The number of hydrogen-bond acceptors (Lipinski definition) is 3. The van der Waals surface area contributed by atoms with Gasteiger partial charge in [0.15, 0.2) is 0 Å². The zero-order chi connectivity index (χ0) is 24.9. The number of amides is 2. The second kappa shape index (κ2) is 14.3. The van der Waals surface area contributed by atoms with Crippen LogP contribution in [0.15, 0.2) is 84.9 Å². The van der Waals surface area contributed by atoms with Crippen molar-refractivity contribution in [1.29, 1.82) is 0 Å². The number of ether oxygens (including phenoxy) is 1. The van der Waals surface area contributed by atoms with Crippen molar-refractivity contribution in [3.8, 4) is 0 Å². The van der Waals surface area contributed by atoms with Gasteiger partial charge in [0.2, 0.25) is 11.8 Å². The Morgan fingerprint density at radius 3 is 2.14 bits per heavy atom. The third kappa shape index (κ3) is 8.85. The molecule has 0 aliphatic rings. The highest BCUT2D eigenvalue weighted by molar-refractivity contribution is 6.30. The number of nitrogens with one attached hydrogen (secondary N) is 1. The fourth-order valence-electron chi connectivity index (χ4n) is 3.86. The summed E-state index contributed by atoms with van der Waals surface area (Å²) in [7, 11) is 0. The summed E-state index contributed by atoms with van der Waals surface area (Å²) >= 11 is 6.08. The van der Waals surface area contributed by atoms with E-state index in [-0.39, 0.29) is 18.2 Å². The van der Waals surface area contributed by atoms with Crippen LogP contribution in [-0.2, 0) is 33.7 Å². The molecule has 3 aromatic carbocycles. The molecule has 0 aliphatic heterocycles. The van der Waals surface area contributed by atoms with Crippen molar-refractivity contribution < 1.29 is 14.3 Å². The van der Waals surface area contributed by atoms with E-state index in [0.717, 1.165) is 16.7 Å². The average molecular weight is 493 g/mol. The van der Waals surface area contributed by atoms with Crippen molar-refractivity contribution in [2.75, 3.05) is 19.8 Å². The molecule has 184 valence electrons. The summed E-state index contributed by atoms with van der Waals surface area (Å²) < 4.78 is 5.39. The van der Waals surface area contributed by atoms with Gasteiger partial charge in [-0.2, -0.15) is 0 Å². The zero-order valence-corrected chi connectivity index (χ0v) is 20.9. The number of benzene rings is 3. The second-order valence-corrected chi connectivity index (χ2v) is 8.79. The highest BCUT2D eigenvalue weighted by atomic mass is 35.5. The molecule has 0 bridgehead atoms. The number of carbonyl (C=O) groups is 2. The zero-order valence-electron chi connectivity index (χ0n) is 20.2. The van der Waals surface area contributed by atoms with Crippen LogP contribution in [0.5, 0.6) is 0 Å². The number of rotatable bonds is 13. The third-order valence-electron chi connectivity index (χ3n) is 5.70. The standard InChI is InChI=1S/C29H33ClN2O3/c1-2-35-19-9-18-31-29(34)27(20-23-10-5-3-6-11-23)32(22-25-14-16-26(30)17-15-25)28(33)21-24-12-7-4-8-13-24/h3-8,10-17,27H,2,9,18-22H2,1H3,(H,31,34). The maximum absolute atomic E-state index is 13.6. The van der Waals surface area contributed by atoms with Crippen LogP contribution in [0, 0.1) is 0 Å². The van der Waals surface area contributed by atoms with Crippen molar-refractivity contribution in [3.05, 3.63) is 107 Å². The molecular weight excluding hydrogens is 460 g/mol. The lowest BCUT2D eigenvalue weighted by Crippen LogP contribution is -2.51. The Kier molecular flexibility index (Phi) is 10.8. The molecule has 6 heteroatoms. The minimum Gasteiger partial charge on any atom is -0.382 e. The Morgan fingerprint density at radius 2 is 1.51 bits per heavy atom. The predicted octanol–water partition coefficient (Wildman–Crippen LogP) is 5.07. The van der Waals surface area contributed by atoms with Crippen LogP contribution in [0.4, 0.5) is 0 Å². The van der Waals surface area contributed by atoms with E-state index in [1.54, 1.807) is 17.0 Å². The van der Waals surface area contributed by atoms with E-state index in [1.165, 1.54) is 0 Å². The first-order valence-electron chi connectivity index (χ1n) is 12.0. The minimum atomic E-state index is -0.656. The summed E-state index contributed by atoms with van der Waals surface area (Å²) in [6.07, 6.45) is 1.36. The van der Waals surface area contributed by atoms with Gasteiger partial charge in [-0.25, -0.2) is 0 Å². The van der Waals surface area contributed by atoms with Crippen LogP contribution < -0.4 is 5.32 Å². The van der Waals surface area contributed by atoms with E-state index in [9.17, 15) is 9.59 Å². The number of halogens is 1. The van der Waals surface area contributed by atoms with Crippen molar-refractivity contribution in [3.63, 3.8) is 0 Å². The van der Waals surface area contributed by atoms with E-state index in [2.05, 4.69) is 5.32 Å². The van der Waals surface area contributed by atoms with Gasteiger partial charge in [-0.15, -0.1) is 0 Å². The van der Waals surface area contributed by atoms with Gasteiger partial charge in [0.1, 0.15) is 6.04 Å². The van der Waals surface area contributed by atoms with Gasteiger partial charge in [0, 0.05) is 37.7 Å². The first-order valence-corrected chi connectivity index (χ1v) is 12.4. The summed E-state index contributed by atoms with van der Waals surface area (Å²) in [5, 5.41) is 3.65. The molecule has 0 spiro atoms. The fraction of sp³-hybridized carbons (Fsp3) is 0.310. The lowest BCUT2D eigenvalue weighted by atomic mass is 10.0. The lowest BCUT2D eigenvalue weighted by Gasteiger charge is -2.31. The van der Waals surface area contributed by atoms with Crippen molar-refractivity contribution in [2.45, 2.75) is 38.8 Å². The molecule has 0 saturated heterocycles. The van der Waals surface area contributed by atoms with E-state index >= 15 is 0 Å². The number of hydrogen-bond donors (Lipinski definition) is 1. The molecule has 0 aliphatic carbocycles. The molecule has 35 heavy (non-hydrogen) atoms. The van der Waals surface area contributed by atoms with Gasteiger partial charge < -0.3 is 15.0 Å². The molecule has 3 rings (SSSR count). The molecule has 2 amide bonds. The molecular formula is C29H33ClN2O3. The summed E-state index contributed by atoms with van der Waals surface area (Å²) in [5.41, 5.74) is 2.82. The minimum absolute atomic E-state index is 0.100. The Hall–Kier alpha value is -3.15. The normalized spacial score (nSPS) is 11.6. The molecule has 1 unspecified atom stereocenters. The van der Waals surface area contributed by atoms with Gasteiger partial charge >= 0.3 is 0 Å². The number of nitrogens with zero attached hydrogens (tertiary/aromatic N) is 1. The Bertz CT molecular complexity index is 1040. The van der Waals surface area contributed by atoms with Crippen LogP contribution in [0.2, 0.25) is 5.02 Å². The Labute approximate surface area is 213 Å². The van der Waals surface area contributed by atoms with Crippen molar-refractivity contribution >= 4 is 23.4 Å². The van der Waals surface area contributed by atoms with Crippen LogP contribution in [-0.4, -0.2) is 42.5 Å². The van der Waals surface area contributed by atoms with Crippen LogP contribution in [0.1, 0.15) is 30.0 Å². The maximum Gasteiger partial charge on any atom is 0.243 e. The number of carbonyl (C=O) groups excluding carboxylic acids is 2. The smallest absolute Gasteiger partial charge is 0.243 e. The largest absolute Gasteiger partial charge is 0.382 e. The van der Waals surface area contributed by atoms with Gasteiger partial charge in [-0.1, -0.05) is 84.4 Å². The van der Waals surface area contributed by atoms with Crippen LogP contribution in [0.3, 0.4) is 0 Å². The van der Waals surface area contributed by atoms with Gasteiger partial charge in [0.25, 0.3) is 0 Å². The van der Waals surface area contributed by atoms with E-state index < -0.39 is 6.04 Å². The molecule has 5 nitrogen and oxygen atoms in total. The highest BCUT2D eigenvalue weighted by Gasteiger charge is 2.30. The second-order valence-electron chi connectivity index (χ2n) is 8.36. The van der Waals surface area contributed by atoms with E-state index in [0.29, 0.717) is 44.2 Å². The Morgan fingerprint density at radius 1 is 0.886 bits per heavy atom. The summed E-state index contributed by atoms with van der Waals surface area (Å²) in [6, 6.07) is 26.2. The van der Waals surface area contributed by atoms with E-state index in [1.807, 2.05) is 79.7 Å². The summed E-state index contributed by atoms with van der Waals surface area (Å²) in [5.74, 6) is -0.266. The first kappa shape index (κ1) is 26.5. The molecule has 1 N–H and O–H groups in total. The summed E-state index contributed by atoms with van der Waals surface area (Å²) in [4.78, 5) is 28.8. The molecule has 0 heterocycles. The van der Waals surface area contributed by atoms with Gasteiger partial charge in [0.05, 0.1) is 6.42 Å². The third-order valence-corrected chi connectivity index (χ3v) is 5.96. The Balaban J connectivity index is 1.86. The quantitative estimate of drug-likeness (QED) is 0.339. The predicted molar refractivity (Wildman–Crippen MR) is 140 cm³/mol. The van der Waals surface area contributed by atoms with Crippen LogP contribution in [0.25, 0.3) is 0 Å². The van der Waals surface area contributed by atoms with Crippen molar-refractivity contribution in [1.82, 2.24) is 10.2 Å². The van der Waals surface area contributed by atoms with Gasteiger partial charge in [-0.05, 0) is 42.2 Å². The monoisotopic (exact) mass is 492 g/mol. The molecule has 0 fully saturated rings. The van der Waals surface area contributed by atoms with Crippen molar-refractivity contribution in [2.24, 2.45) is 0 Å². The SMILES string of the molecule is CCOCCCNC(=O)C(Cc1ccccc1)N(Cc1ccc(Cl)cc1)C(=O)Cc1ccccc1. The maximum atomic E-state index is 13.6. The topological polar surface area (TPSA) is 58.6 Å². The van der Waals surface area contributed by atoms with E-state index in [4.69, 9.17) is 16.3 Å². The molecule has 3 aromatic rings. The average Bonchev–Trinajstić information content (AvgIpc) is 2.88. The molecule has 1 atom stereocenters. The first-order chi connectivity index (χ1) is 17.1. The summed E-state index contributed by atoms with van der Waals surface area (Å²) in [6.45, 7) is 3.98. The highest BCUT2D eigenvalue weighted by Crippen LogP contribution is 2.18.